The summed E-state index contributed by atoms with van der Waals surface area (Å²) in [7, 11) is 2.13. The number of hydrogen-bond donors (Lipinski definition) is 0. The van der Waals surface area contributed by atoms with E-state index in [4.69, 9.17) is 4.74 Å². The van der Waals surface area contributed by atoms with Gasteiger partial charge in [-0.1, -0.05) is 24.3 Å². The van der Waals surface area contributed by atoms with E-state index >= 15 is 0 Å². The van der Waals surface area contributed by atoms with Crippen LogP contribution in [0.1, 0.15) is 17.5 Å². The minimum absolute atomic E-state index is 0.215. The number of likely N-dealkylation sites (tertiary alicyclic amines) is 1. The summed E-state index contributed by atoms with van der Waals surface area (Å²) in [6.07, 6.45) is 5.78. The topological polar surface area (TPSA) is 41.5 Å². The van der Waals surface area contributed by atoms with E-state index in [9.17, 15) is 0 Å². The lowest BCUT2D eigenvalue weighted by Crippen LogP contribution is -2.32. The van der Waals surface area contributed by atoms with Gasteiger partial charge < -0.3 is 14.5 Å². The Morgan fingerprint density at radius 3 is 2.74 bits per heavy atom. The summed E-state index contributed by atoms with van der Waals surface area (Å²) in [5.41, 5.74) is 2.81. The molecule has 1 aromatic heterocycles. The van der Waals surface area contributed by atoms with Gasteiger partial charge in [-0.25, -0.2) is 9.97 Å². The molecule has 0 aliphatic carbocycles. The Morgan fingerprint density at radius 1 is 1.09 bits per heavy atom. The maximum absolute atomic E-state index is 6.16. The quantitative estimate of drug-likeness (QED) is 0.868. The number of nitrogens with zero attached hydrogens (tertiary/aromatic N) is 4. The highest BCUT2D eigenvalue weighted by Crippen LogP contribution is 2.29. The number of aromatic nitrogens is 2. The van der Waals surface area contributed by atoms with Crippen LogP contribution in [0, 0.1) is 0 Å². The molecular weight excluding hydrogens is 288 g/mol. The fourth-order valence-corrected chi connectivity index (χ4v) is 3.44. The van der Waals surface area contributed by atoms with Gasteiger partial charge in [0.2, 0.25) is 0 Å². The van der Waals surface area contributed by atoms with Crippen LogP contribution in [0.5, 0.6) is 5.88 Å². The fourth-order valence-electron chi connectivity index (χ4n) is 3.44. The van der Waals surface area contributed by atoms with Crippen LogP contribution in [0.2, 0.25) is 0 Å². The Bertz CT molecular complexity index is 690. The normalized spacial score (nSPS) is 21.3. The molecule has 2 aliphatic rings. The molecule has 1 fully saturated rings. The third kappa shape index (κ3) is 3.01. The molecule has 4 rings (SSSR count). The molecule has 0 saturated carbocycles. The lowest BCUT2D eigenvalue weighted by atomic mass is 10.00. The second-order valence-corrected chi connectivity index (χ2v) is 6.42. The lowest BCUT2D eigenvalue weighted by Gasteiger charge is -2.30. The van der Waals surface area contributed by atoms with Crippen molar-refractivity contribution < 1.29 is 4.74 Å². The summed E-state index contributed by atoms with van der Waals surface area (Å²) >= 11 is 0. The third-order valence-electron chi connectivity index (χ3n) is 4.70. The van der Waals surface area contributed by atoms with E-state index in [0.717, 1.165) is 44.8 Å². The highest BCUT2D eigenvalue weighted by atomic mass is 16.5. The number of hydrogen-bond acceptors (Lipinski definition) is 5. The van der Waals surface area contributed by atoms with Crippen molar-refractivity contribution in [3.05, 3.63) is 47.8 Å². The standard InChI is InChI=1S/C18H22N4O/c1-21-10-7-16(13-21)23-18-17(19-8-9-20-18)22-11-6-14-4-2-3-5-15(14)12-22/h2-5,8-9,16H,6-7,10-13H2,1H3. The summed E-state index contributed by atoms with van der Waals surface area (Å²) in [5, 5.41) is 0. The Morgan fingerprint density at radius 2 is 1.91 bits per heavy atom. The van der Waals surface area contributed by atoms with E-state index in [1.807, 2.05) is 0 Å². The molecule has 0 spiro atoms. The van der Waals surface area contributed by atoms with Crippen molar-refractivity contribution in [3.8, 4) is 5.88 Å². The van der Waals surface area contributed by atoms with Gasteiger partial charge in [-0.2, -0.15) is 0 Å². The highest BCUT2D eigenvalue weighted by molar-refractivity contribution is 5.50. The maximum atomic E-state index is 6.16. The van der Waals surface area contributed by atoms with Crippen molar-refractivity contribution in [1.29, 1.82) is 0 Å². The maximum Gasteiger partial charge on any atom is 0.257 e. The number of anilines is 1. The first-order chi connectivity index (χ1) is 11.3. The first-order valence-electron chi connectivity index (χ1n) is 8.27. The van der Waals surface area contributed by atoms with Crippen molar-refractivity contribution in [2.24, 2.45) is 0 Å². The molecule has 2 aromatic rings. The summed E-state index contributed by atoms with van der Waals surface area (Å²) in [6.45, 7) is 3.86. The van der Waals surface area contributed by atoms with E-state index in [1.165, 1.54) is 11.1 Å². The van der Waals surface area contributed by atoms with Crippen LogP contribution < -0.4 is 9.64 Å². The first-order valence-corrected chi connectivity index (χ1v) is 8.27. The number of rotatable bonds is 3. The number of benzene rings is 1. The van der Waals surface area contributed by atoms with Gasteiger partial charge in [-0.05, 0) is 31.0 Å². The molecule has 23 heavy (non-hydrogen) atoms. The van der Waals surface area contributed by atoms with E-state index < -0.39 is 0 Å². The molecule has 1 atom stereocenters. The molecule has 0 amide bonds. The summed E-state index contributed by atoms with van der Waals surface area (Å²) < 4.78 is 6.16. The van der Waals surface area contributed by atoms with Gasteiger partial charge in [0, 0.05) is 38.6 Å². The van der Waals surface area contributed by atoms with Crippen LogP contribution in [0.4, 0.5) is 5.82 Å². The van der Waals surface area contributed by atoms with Gasteiger partial charge in [0.15, 0.2) is 5.82 Å². The molecule has 0 bridgehead atoms. The van der Waals surface area contributed by atoms with E-state index in [2.05, 4.69) is 51.1 Å². The molecular formula is C18H22N4O. The predicted octanol–water partition coefficient (Wildman–Crippen LogP) is 2.12. The zero-order valence-electron chi connectivity index (χ0n) is 13.5. The van der Waals surface area contributed by atoms with Gasteiger partial charge in [-0.3, -0.25) is 0 Å². The van der Waals surface area contributed by atoms with Crippen molar-refractivity contribution in [2.45, 2.75) is 25.5 Å². The van der Waals surface area contributed by atoms with Gasteiger partial charge in [0.25, 0.3) is 5.88 Å². The Balaban J connectivity index is 1.55. The largest absolute Gasteiger partial charge is 0.470 e. The third-order valence-corrected chi connectivity index (χ3v) is 4.70. The monoisotopic (exact) mass is 310 g/mol. The molecule has 1 aromatic carbocycles. The lowest BCUT2D eigenvalue weighted by molar-refractivity contribution is 0.199. The molecule has 0 radical (unpaired) electrons. The minimum atomic E-state index is 0.215. The van der Waals surface area contributed by atoms with E-state index in [-0.39, 0.29) is 6.10 Å². The van der Waals surface area contributed by atoms with Crippen molar-refractivity contribution in [1.82, 2.24) is 14.9 Å². The molecule has 5 nitrogen and oxygen atoms in total. The molecule has 0 N–H and O–H groups in total. The minimum Gasteiger partial charge on any atom is -0.470 e. The zero-order chi connectivity index (χ0) is 15.6. The molecule has 120 valence electrons. The summed E-state index contributed by atoms with van der Waals surface area (Å²) in [4.78, 5) is 13.6. The Labute approximate surface area is 136 Å². The molecule has 5 heteroatoms. The first kappa shape index (κ1) is 14.5. The van der Waals surface area contributed by atoms with Crippen LogP contribution in [0.25, 0.3) is 0 Å². The van der Waals surface area contributed by atoms with Crippen LogP contribution in [-0.4, -0.2) is 47.7 Å². The molecule has 1 unspecified atom stereocenters. The van der Waals surface area contributed by atoms with E-state index in [1.54, 1.807) is 12.4 Å². The van der Waals surface area contributed by atoms with Crippen molar-refractivity contribution in [3.63, 3.8) is 0 Å². The summed E-state index contributed by atoms with van der Waals surface area (Å²) in [5.74, 6) is 1.55. The molecule has 3 heterocycles. The second kappa shape index (κ2) is 6.16. The number of likely N-dealkylation sites (N-methyl/N-ethyl adjacent to an activating group) is 1. The predicted molar refractivity (Wildman–Crippen MR) is 89.8 cm³/mol. The van der Waals surface area contributed by atoms with Crippen molar-refractivity contribution >= 4 is 5.82 Å². The van der Waals surface area contributed by atoms with E-state index in [0.29, 0.717) is 5.88 Å². The second-order valence-electron chi connectivity index (χ2n) is 6.42. The molecule has 2 aliphatic heterocycles. The van der Waals surface area contributed by atoms with Crippen LogP contribution in [0.3, 0.4) is 0 Å². The smallest absolute Gasteiger partial charge is 0.257 e. The van der Waals surface area contributed by atoms with Gasteiger partial charge in [0.05, 0.1) is 0 Å². The van der Waals surface area contributed by atoms with Gasteiger partial charge >= 0.3 is 0 Å². The number of ether oxygens (including phenoxy) is 1. The molecule has 1 saturated heterocycles. The highest BCUT2D eigenvalue weighted by Gasteiger charge is 2.25. The SMILES string of the molecule is CN1CCC(Oc2nccnc2N2CCc3ccccc3C2)C1. The zero-order valence-corrected chi connectivity index (χ0v) is 13.5. The van der Waals surface area contributed by atoms with Gasteiger partial charge in [-0.15, -0.1) is 0 Å². The Hall–Kier alpha value is -2.14. The number of fused-ring (bicyclic) bond motifs is 1. The van der Waals surface area contributed by atoms with Crippen LogP contribution >= 0.6 is 0 Å². The average molecular weight is 310 g/mol. The van der Waals surface area contributed by atoms with Crippen LogP contribution in [-0.2, 0) is 13.0 Å². The average Bonchev–Trinajstić information content (AvgIpc) is 3.00. The van der Waals surface area contributed by atoms with Crippen molar-refractivity contribution in [2.75, 3.05) is 31.6 Å². The van der Waals surface area contributed by atoms with Crippen LogP contribution in [0.15, 0.2) is 36.7 Å². The Kier molecular flexibility index (Phi) is 3.87. The fraction of sp³-hybridized carbons (Fsp3) is 0.444. The van der Waals surface area contributed by atoms with Gasteiger partial charge in [0.1, 0.15) is 6.10 Å². The summed E-state index contributed by atoms with van der Waals surface area (Å²) in [6, 6.07) is 8.63.